The lowest BCUT2D eigenvalue weighted by molar-refractivity contribution is -0.138. The number of carbonyl (C=O) groups is 1. The molecule has 5 nitrogen and oxygen atoms in total. The van der Waals surface area contributed by atoms with E-state index in [-0.39, 0.29) is 5.41 Å². The lowest BCUT2D eigenvalue weighted by Crippen LogP contribution is -2.48. The molecule has 138 valence electrons. The summed E-state index contributed by atoms with van der Waals surface area (Å²) in [6.45, 7) is 9.59. The first-order valence-corrected chi connectivity index (χ1v) is 10.1. The molecule has 2 heterocycles. The predicted molar refractivity (Wildman–Crippen MR) is 98.0 cm³/mol. The highest BCUT2D eigenvalue weighted by atomic mass is 16.2. The van der Waals surface area contributed by atoms with Gasteiger partial charge in [0.05, 0.1) is 12.0 Å². The Morgan fingerprint density at radius 1 is 1.28 bits per heavy atom. The molecule has 1 aromatic heterocycles. The molecule has 4 rings (SSSR count). The number of carbonyl (C=O) groups excluding carboxylic acids is 1. The first kappa shape index (κ1) is 17.1. The molecule has 5 heteroatoms. The maximum absolute atomic E-state index is 13.3. The summed E-state index contributed by atoms with van der Waals surface area (Å²) in [6, 6.07) is 2.45. The van der Waals surface area contributed by atoms with Crippen LogP contribution in [0.4, 0.5) is 0 Å². The molecule has 1 aliphatic heterocycles. The SMILES string of the molecule is CC(C)C1CN(C(=O)C2(Cn3cccn3)CC2)CCCN1CC1CC1. The van der Waals surface area contributed by atoms with Crippen LogP contribution in [-0.2, 0) is 11.3 Å². The van der Waals surface area contributed by atoms with Crippen LogP contribution in [0.2, 0.25) is 0 Å². The van der Waals surface area contributed by atoms with Gasteiger partial charge in [-0.2, -0.15) is 5.10 Å². The van der Waals surface area contributed by atoms with Gasteiger partial charge in [0.25, 0.3) is 0 Å². The smallest absolute Gasteiger partial charge is 0.230 e. The molecule has 0 radical (unpaired) electrons. The second kappa shape index (κ2) is 6.75. The summed E-state index contributed by atoms with van der Waals surface area (Å²) in [5.74, 6) is 1.88. The molecule has 2 saturated carbocycles. The fourth-order valence-corrected chi connectivity index (χ4v) is 4.37. The van der Waals surface area contributed by atoms with Gasteiger partial charge in [-0.1, -0.05) is 13.8 Å². The Balaban J connectivity index is 1.45. The Bertz CT molecular complexity index is 589. The van der Waals surface area contributed by atoms with Crippen molar-refractivity contribution >= 4 is 5.91 Å². The summed E-state index contributed by atoms with van der Waals surface area (Å²) in [4.78, 5) is 18.2. The third kappa shape index (κ3) is 3.76. The molecule has 0 bridgehead atoms. The number of hydrogen-bond donors (Lipinski definition) is 0. The lowest BCUT2D eigenvalue weighted by atomic mass is 10.00. The van der Waals surface area contributed by atoms with Gasteiger partial charge in [0, 0.05) is 44.6 Å². The summed E-state index contributed by atoms with van der Waals surface area (Å²) < 4.78 is 1.93. The second-order valence-corrected chi connectivity index (χ2v) is 8.84. The van der Waals surface area contributed by atoms with Crippen molar-refractivity contribution in [1.82, 2.24) is 19.6 Å². The fourth-order valence-electron chi connectivity index (χ4n) is 4.37. The zero-order valence-corrected chi connectivity index (χ0v) is 15.7. The van der Waals surface area contributed by atoms with E-state index < -0.39 is 0 Å². The van der Waals surface area contributed by atoms with E-state index in [1.165, 1.54) is 19.4 Å². The van der Waals surface area contributed by atoms with Crippen molar-refractivity contribution in [2.75, 3.05) is 26.2 Å². The fraction of sp³-hybridized carbons (Fsp3) is 0.800. The molecule has 1 saturated heterocycles. The van der Waals surface area contributed by atoms with Crippen LogP contribution in [0.3, 0.4) is 0 Å². The first-order valence-electron chi connectivity index (χ1n) is 10.1. The third-order valence-electron chi connectivity index (χ3n) is 6.33. The molecule has 0 spiro atoms. The summed E-state index contributed by atoms with van der Waals surface area (Å²) in [7, 11) is 0. The molecule has 2 aliphatic carbocycles. The molecule has 0 aromatic carbocycles. The molecule has 0 N–H and O–H groups in total. The summed E-state index contributed by atoms with van der Waals surface area (Å²) in [5, 5.41) is 4.32. The van der Waals surface area contributed by atoms with E-state index >= 15 is 0 Å². The molecule has 3 aliphatic rings. The zero-order valence-electron chi connectivity index (χ0n) is 15.7. The minimum absolute atomic E-state index is 0.181. The maximum atomic E-state index is 13.3. The Morgan fingerprint density at radius 3 is 2.68 bits per heavy atom. The zero-order chi connectivity index (χ0) is 17.4. The van der Waals surface area contributed by atoms with Crippen LogP contribution in [0, 0.1) is 17.3 Å². The van der Waals surface area contributed by atoms with Crippen LogP contribution in [0.15, 0.2) is 18.5 Å². The molecular formula is C20H32N4O. The molecule has 3 fully saturated rings. The highest BCUT2D eigenvalue weighted by molar-refractivity contribution is 5.85. The van der Waals surface area contributed by atoms with Gasteiger partial charge in [-0.15, -0.1) is 0 Å². The van der Waals surface area contributed by atoms with Crippen LogP contribution in [-0.4, -0.2) is 57.7 Å². The molecule has 1 aromatic rings. The van der Waals surface area contributed by atoms with Gasteiger partial charge >= 0.3 is 0 Å². The molecule has 1 amide bonds. The van der Waals surface area contributed by atoms with Crippen molar-refractivity contribution in [1.29, 1.82) is 0 Å². The average Bonchev–Trinajstić information content (AvgIpc) is 3.49. The van der Waals surface area contributed by atoms with Gasteiger partial charge in [-0.3, -0.25) is 14.4 Å². The van der Waals surface area contributed by atoms with E-state index in [4.69, 9.17) is 0 Å². The van der Waals surface area contributed by atoms with E-state index in [0.29, 0.717) is 17.9 Å². The topological polar surface area (TPSA) is 41.4 Å². The molecule has 25 heavy (non-hydrogen) atoms. The standard InChI is InChI=1S/C20H32N4O/c1-16(2)18-14-23(11-4-10-22(18)13-17-5-6-17)19(25)20(7-8-20)15-24-12-3-9-21-24/h3,9,12,16-18H,4-8,10-11,13-15H2,1-2H3. The third-order valence-corrected chi connectivity index (χ3v) is 6.33. The van der Waals surface area contributed by atoms with Crippen LogP contribution in [0.5, 0.6) is 0 Å². The molecular weight excluding hydrogens is 312 g/mol. The van der Waals surface area contributed by atoms with E-state index in [1.54, 1.807) is 6.20 Å². The number of rotatable bonds is 6. The summed E-state index contributed by atoms with van der Waals surface area (Å²) in [6.07, 6.45) is 9.72. The first-order chi connectivity index (χ1) is 12.1. The van der Waals surface area contributed by atoms with Crippen molar-refractivity contribution in [2.24, 2.45) is 17.3 Å². The van der Waals surface area contributed by atoms with Crippen molar-refractivity contribution in [2.45, 2.75) is 58.5 Å². The Kier molecular flexibility index (Phi) is 4.61. The van der Waals surface area contributed by atoms with E-state index in [2.05, 4.69) is 28.7 Å². The summed E-state index contributed by atoms with van der Waals surface area (Å²) >= 11 is 0. The van der Waals surface area contributed by atoms with Crippen molar-refractivity contribution < 1.29 is 4.79 Å². The maximum Gasteiger partial charge on any atom is 0.230 e. The van der Waals surface area contributed by atoms with Gasteiger partial charge in [0.2, 0.25) is 5.91 Å². The van der Waals surface area contributed by atoms with Crippen LogP contribution >= 0.6 is 0 Å². The minimum Gasteiger partial charge on any atom is -0.341 e. The number of nitrogens with zero attached hydrogens (tertiary/aromatic N) is 4. The van der Waals surface area contributed by atoms with Crippen LogP contribution in [0.1, 0.15) is 46.0 Å². The molecule has 1 atom stereocenters. The second-order valence-electron chi connectivity index (χ2n) is 8.84. The van der Waals surface area contributed by atoms with Crippen molar-refractivity contribution in [3.05, 3.63) is 18.5 Å². The highest BCUT2D eigenvalue weighted by Crippen LogP contribution is 2.49. The van der Waals surface area contributed by atoms with Gasteiger partial charge in [-0.05, 0) is 50.0 Å². The van der Waals surface area contributed by atoms with E-state index in [1.807, 2.05) is 16.9 Å². The monoisotopic (exact) mass is 344 g/mol. The predicted octanol–water partition coefficient (Wildman–Crippen LogP) is 2.63. The number of hydrogen-bond acceptors (Lipinski definition) is 3. The minimum atomic E-state index is -0.181. The summed E-state index contributed by atoms with van der Waals surface area (Å²) in [5.41, 5.74) is -0.181. The lowest BCUT2D eigenvalue weighted by Gasteiger charge is -2.35. The Morgan fingerprint density at radius 2 is 2.08 bits per heavy atom. The van der Waals surface area contributed by atoms with E-state index in [0.717, 1.165) is 51.4 Å². The van der Waals surface area contributed by atoms with Crippen LogP contribution < -0.4 is 0 Å². The van der Waals surface area contributed by atoms with E-state index in [9.17, 15) is 4.79 Å². The van der Waals surface area contributed by atoms with Crippen molar-refractivity contribution in [3.8, 4) is 0 Å². The number of amides is 1. The Labute approximate surface area is 151 Å². The van der Waals surface area contributed by atoms with Gasteiger partial charge < -0.3 is 4.90 Å². The largest absolute Gasteiger partial charge is 0.341 e. The van der Waals surface area contributed by atoms with Gasteiger partial charge in [0.1, 0.15) is 0 Å². The number of aromatic nitrogens is 2. The van der Waals surface area contributed by atoms with Crippen molar-refractivity contribution in [3.63, 3.8) is 0 Å². The Hall–Kier alpha value is -1.36. The van der Waals surface area contributed by atoms with Crippen LogP contribution in [0.25, 0.3) is 0 Å². The quantitative estimate of drug-likeness (QED) is 0.797. The van der Waals surface area contributed by atoms with Gasteiger partial charge in [-0.25, -0.2) is 0 Å². The van der Waals surface area contributed by atoms with Gasteiger partial charge in [0.15, 0.2) is 0 Å². The molecule has 1 unspecified atom stereocenters. The highest BCUT2D eigenvalue weighted by Gasteiger charge is 2.52. The average molecular weight is 345 g/mol. The normalized spacial score (nSPS) is 26.7.